The zero-order valence-electron chi connectivity index (χ0n) is 19.3. The van der Waals surface area contributed by atoms with E-state index in [0.29, 0.717) is 16.1 Å². The SMILES string of the molecule is CC(C)(C)CCc1cc(O)c(CC(=O)Cc2ccnc(C(=O)NC(C)(C)C)c2)cc1Cl. The van der Waals surface area contributed by atoms with Crippen molar-refractivity contribution in [3.63, 3.8) is 0 Å². The monoisotopic (exact) mass is 444 g/mol. The fourth-order valence-corrected chi connectivity index (χ4v) is 3.39. The number of halogens is 1. The van der Waals surface area contributed by atoms with Gasteiger partial charge >= 0.3 is 0 Å². The van der Waals surface area contributed by atoms with Crippen molar-refractivity contribution in [3.8, 4) is 5.75 Å². The van der Waals surface area contributed by atoms with E-state index in [2.05, 4.69) is 31.1 Å². The van der Waals surface area contributed by atoms with Crippen LogP contribution >= 0.6 is 11.6 Å². The van der Waals surface area contributed by atoms with E-state index in [4.69, 9.17) is 11.6 Å². The van der Waals surface area contributed by atoms with Crippen LogP contribution in [-0.2, 0) is 24.1 Å². The molecule has 168 valence electrons. The summed E-state index contributed by atoms with van der Waals surface area (Å²) in [6.07, 6.45) is 3.44. The number of phenolic OH excluding ortho intramolecular Hbond substituents is 1. The van der Waals surface area contributed by atoms with Gasteiger partial charge in [-0.05, 0) is 74.4 Å². The van der Waals surface area contributed by atoms with Gasteiger partial charge in [0.05, 0.1) is 0 Å². The van der Waals surface area contributed by atoms with E-state index in [1.165, 1.54) is 6.20 Å². The number of aryl methyl sites for hydroxylation is 1. The topological polar surface area (TPSA) is 79.3 Å². The maximum absolute atomic E-state index is 12.6. The fourth-order valence-electron chi connectivity index (χ4n) is 3.10. The van der Waals surface area contributed by atoms with Crippen molar-refractivity contribution in [3.05, 3.63) is 57.9 Å². The molecule has 2 rings (SSSR count). The number of benzene rings is 1. The standard InChI is InChI=1S/C25H33ClN2O3/c1-24(2,3)9-7-17-15-22(30)18(14-20(17)26)13-19(29)11-16-8-10-27-21(12-16)23(31)28-25(4,5)6/h8,10,12,14-15,30H,7,9,11,13H2,1-6H3,(H,28,31). The first-order valence-corrected chi connectivity index (χ1v) is 10.9. The number of nitrogens with zero attached hydrogens (tertiary/aromatic N) is 1. The second-order valence-electron chi connectivity index (χ2n) is 10.3. The predicted molar refractivity (Wildman–Crippen MR) is 125 cm³/mol. The molecule has 1 aromatic heterocycles. The first-order chi connectivity index (χ1) is 14.2. The fraction of sp³-hybridized carbons (Fsp3) is 0.480. The van der Waals surface area contributed by atoms with Crippen molar-refractivity contribution in [2.75, 3.05) is 0 Å². The van der Waals surface area contributed by atoms with Crippen LogP contribution in [0.2, 0.25) is 5.02 Å². The molecule has 0 aliphatic rings. The number of carbonyl (C=O) groups excluding carboxylic acids is 2. The van der Waals surface area contributed by atoms with Crippen LogP contribution in [-0.4, -0.2) is 27.3 Å². The number of aromatic hydroxyl groups is 1. The Morgan fingerprint density at radius 3 is 2.32 bits per heavy atom. The van der Waals surface area contributed by atoms with Gasteiger partial charge in [-0.25, -0.2) is 0 Å². The first-order valence-electron chi connectivity index (χ1n) is 10.5. The molecule has 1 aromatic carbocycles. The molecule has 0 atom stereocenters. The summed E-state index contributed by atoms with van der Waals surface area (Å²) in [6, 6.07) is 6.69. The van der Waals surface area contributed by atoms with Gasteiger partial charge in [0.1, 0.15) is 17.2 Å². The van der Waals surface area contributed by atoms with Crippen LogP contribution in [0.1, 0.15) is 75.1 Å². The van der Waals surface area contributed by atoms with Gasteiger partial charge in [-0.15, -0.1) is 0 Å². The van der Waals surface area contributed by atoms with Crippen molar-refractivity contribution in [1.29, 1.82) is 0 Å². The van der Waals surface area contributed by atoms with Crippen molar-refractivity contribution >= 4 is 23.3 Å². The lowest BCUT2D eigenvalue weighted by Gasteiger charge is -2.20. The Hall–Kier alpha value is -2.40. The Morgan fingerprint density at radius 2 is 1.71 bits per heavy atom. The van der Waals surface area contributed by atoms with Gasteiger partial charge in [0.15, 0.2) is 0 Å². The lowest BCUT2D eigenvalue weighted by molar-refractivity contribution is -0.117. The summed E-state index contributed by atoms with van der Waals surface area (Å²) in [7, 11) is 0. The zero-order chi connectivity index (χ0) is 23.4. The Labute approximate surface area is 190 Å². The van der Waals surface area contributed by atoms with Crippen LogP contribution in [0.15, 0.2) is 30.5 Å². The molecule has 0 aliphatic heterocycles. The van der Waals surface area contributed by atoms with Gasteiger partial charge in [0.2, 0.25) is 0 Å². The maximum Gasteiger partial charge on any atom is 0.270 e. The van der Waals surface area contributed by atoms with E-state index in [0.717, 1.165) is 18.4 Å². The van der Waals surface area contributed by atoms with Crippen molar-refractivity contribution in [2.45, 2.75) is 72.8 Å². The van der Waals surface area contributed by atoms with E-state index in [-0.39, 0.29) is 46.9 Å². The highest BCUT2D eigenvalue weighted by Gasteiger charge is 2.18. The predicted octanol–water partition coefficient (Wildman–Crippen LogP) is 5.30. The van der Waals surface area contributed by atoms with E-state index < -0.39 is 0 Å². The number of nitrogens with one attached hydrogen (secondary N) is 1. The molecular weight excluding hydrogens is 412 g/mol. The normalized spacial score (nSPS) is 12.0. The third-order valence-corrected chi connectivity index (χ3v) is 5.08. The maximum atomic E-state index is 12.6. The smallest absolute Gasteiger partial charge is 0.270 e. The van der Waals surface area contributed by atoms with Crippen LogP contribution < -0.4 is 5.32 Å². The summed E-state index contributed by atoms with van der Waals surface area (Å²) < 4.78 is 0. The molecule has 0 saturated carbocycles. The number of ketones is 1. The molecule has 0 aliphatic carbocycles. The van der Waals surface area contributed by atoms with Crippen molar-refractivity contribution < 1.29 is 14.7 Å². The van der Waals surface area contributed by atoms with Crippen LogP contribution in [0.4, 0.5) is 0 Å². The number of Topliss-reactive ketones (excluding diaryl/α,β-unsaturated/α-hetero) is 1. The molecule has 0 spiro atoms. The molecule has 6 heteroatoms. The summed E-state index contributed by atoms with van der Waals surface area (Å²) in [5.41, 5.74) is 2.16. The van der Waals surface area contributed by atoms with Gasteiger partial charge in [-0.2, -0.15) is 0 Å². The van der Waals surface area contributed by atoms with Crippen LogP contribution in [0.3, 0.4) is 0 Å². The van der Waals surface area contributed by atoms with Gasteiger partial charge in [0, 0.05) is 35.2 Å². The molecule has 2 N–H and O–H groups in total. The molecule has 0 fully saturated rings. The highest BCUT2D eigenvalue weighted by atomic mass is 35.5. The molecule has 0 bridgehead atoms. The summed E-state index contributed by atoms with van der Waals surface area (Å²) >= 11 is 6.41. The third-order valence-electron chi connectivity index (χ3n) is 4.73. The molecule has 0 radical (unpaired) electrons. The van der Waals surface area contributed by atoms with Crippen LogP contribution in [0.5, 0.6) is 5.75 Å². The average molecular weight is 445 g/mol. The van der Waals surface area contributed by atoms with Crippen LogP contribution in [0, 0.1) is 5.41 Å². The number of amides is 1. The Bertz CT molecular complexity index is 956. The summed E-state index contributed by atoms with van der Waals surface area (Å²) in [5.74, 6) is -0.277. The summed E-state index contributed by atoms with van der Waals surface area (Å²) in [6.45, 7) is 12.2. The third kappa shape index (κ3) is 8.33. The Kier molecular flexibility index (Phi) is 7.87. The molecule has 31 heavy (non-hydrogen) atoms. The quantitative estimate of drug-likeness (QED) is 0.607. The lowest BCUT2D eigenvalue weighted by Crippen LogP contribution is -2.40. The van der Waals surface area contributed by atoms with E-state index in [1.807, 2.05) is 20.8 Å². The first kappa shape index (κ1) is 24.9. The van der Waals surface area contributed by atoms with Crippen molar-refractivity contribution in [1.82, 2.24) is 10.3 Å². The van der Waals surface area contributed by atoms with E-state index in [9.17, 15) is 14.7 Å². The second kappa shape index (κ2) is 9.82. The average Bonchev–Trinajstić information content (AvgIpc) is 2.61. The summed E-state index contributed by atoms with van der Waals surface area (Å²) in [5, 5.41) is 13.8. The minimum atomic E-state index is -0.375. The molecular formula is C25H33ClN2O3. The second-order valence-corrected chi connectivity index (χ2v) is 10.7. The van der Waals surface area contributed by atoms with Gasteiger partial charge < -0.3 is 10.4 Å². The number of pyridine rings is 1. The number of hydrogen-bond acceptors (Lipinski definition) is 4. The van der Waals surface area contributed by atoms with Gasteiger partial charge in [-0.3, -0.25) is 14.6 Å². The Morgan fingerprint density at radius 1 is 1.03 bits per heavy atom. The molecule has 1 amide bonds. The largest absolute Gasteiger partial charge is 0.508 e. The highest BCUT2D eigenvalue weighted by molar-refractivity contribution is 6.31. The number of rotatable bonds is 7. The molecule has 5 nitrogen and oxygen atoms in total. The molecule has 2 aromatic rings. The number of aromatic nitrogens is 1. The van der Waals surface area contributed by atoms with Crippen molar-refractivity contribution in [2.24, 2.45) is 5.41 Å². The number of phenols is 1. The van der Waals surface area contributed by atoms with Crippen LogP contribution in [0.25, 0.3) is 0 Å². The summed E-state index contributed by atoms with van der Waals surface area (Å²) in [4.78, 5) is 29.0. The zero-order valence-corrected chi connectivity index (χ0v) is 20.1. The van der Waals surface area contributed by atoms with Gasteiger partial charge in [-0.1, -0.05) is 32.4 Å². The number of carbonyl (C=O) groups is 2. The molecule has 0 saturated heterocycles. The lowest BCUT2D eigenvalue weighted by atomic mass is 9.88. The highest BCUT2D eigenvalue weighted by Crippen LogP contribution is 2.30. The Balaban J connectivity index is 2.07. The molecule has 0 unspecified atom stereocenters. The van der Waals surface area contributed by atoms with E-state index >= 15 is 0 Å². The minimum Gasteiger partial charge on any atom is -0.508 e. The minimum absolute atomic E-state index is 0.0664. The molecule has 1 heterocycles. The number of hydrogen-bond donors (Lipinski definition) is 2. The van der Waals surface area contributed by atoms with Gasteiger partial charge in [0.25, 0.3) is 5.91 Å². The van der Waals surface area contributed by atoms with E-state index in [1.54, 1.807) is 24.3 Å².